The van der Waals surface area contributed by atoms with Crippen molar-refractivity contribution in [2.24, 2.45) is 0 Å². The fraction of sp³-hybridized carbons (Fsp3) is 0.533. The molecular weight excluding hydrogens is 392 g/mol. The molecule has 0 saturated heterocycles. The number of esters is 1. The lowest BCUT2D eigenvalue weighted by molar-refractivity contribution is -0.143. The summed E-state index contributed by atoms with van der Waals surface area (Å²) in [5.41, 5.74) is -0.0810. The van der Waals surface area contributed by atoms with Gasteiger partial charge in [-0.15, -0.1) is 0 Å². The minimum atomic E-state index is -1.57. The molecule has 1 aromatic carbocycles. The number of hydrogen-bond acceptors (Lipinski definition) is 3. The van der Waals surface area contributed by atoms with E-state index in [0.29, 0.717) is 4.47 Å². The predicted octanol–water partition coefficient (Wildman–Crippen LogP) is 3.77. The molecule has 1 aromatic rings. The predicted molar refractivity (Wildman–Crippen MR) is 89.1 cm³/mol. The molecule has 8 heteroatoms. The van der Waals surface area contributed by atoms with Crippen molar-refractivity contribution < 1.29 is 22.5 Å². The number of carbonyl (C=O) groups is 1. The molecule has 1 N–H and O–H groups in total. The molecule has 0 radical (unpaired) electrons. The SMILES string of the molecule is CCOC(=O)C[C@H](NS(=O)C(C)(C)C)c1cc(Br)cc(F)c1F. The van der Waals surface area contributed by atoms with Crippen LogP contribution < -0.4 is 4.72 Å². The quantitative estimate of drug-likeness (QED) is 0.572. The van der Waals surface area contributed by atoms with Crippen LogP contribution >= 0.6 is 15.9 Å². The van der Waals surface area contributed by atoms with Crippen molar-refractivity contribution in [1.29, 1.82) is 0 Å². The zero-order valence-electron chi connectivity index (χ0n) is 13.4. The summed E-state index contributed by atoms with van der Waals surface area (Å²) in [4.78, 5) is 11.8. The molecule has 4 nitrogen and oxygen atoms in total. The molecule has 0 aliphatic carbocycles. The Morgan fingerprint density at radius 1 is 1.39 bits per heavy atom. The van der Waals surface area contributed by atoms with Gasteiger partial charge in [-0.05, 0) is 39.8 Å². The van der Waals surface area contributed by atoms with Gasteiger partial charge in [0.05, 0.1) is 34.8 Å². The van der Waals surface area contributed by atoms with Gasteiger partial charge in [-0.2, -0.15) is 0 Å². The molecule has 1 rings (SSSR count). The fourth-order valence-electron chi connectivity index (χ4n) is 1.74. The Hall–Kier alpha value is -0.860. The molecule has 2 atom stereocenters. The first kappa shape index (κ1) is 20.2. The summed E-state index contributed by atoms with van der Waals surface area (Å²) in [5, 5.41) is 0. The van der Waals surface area contributed by atoms with Crippen LogP contribution in [0.25, 0.3) is 0 Å². The average Bonchev–Trinajstić information content (AvgIpc) is 2.41. The van der Waals surface area contributed by atoms with Crippen LogP contribution in [0, 0.1) is 11.6 Å². The van der Waals surface area contributed by atoms with Crippen LogP contribution in [0.1, 0.15) is 45.7 Å². The zero-order chi connectivity index (χ0) is 17.8. The fourth-order valence-corrected chi connectivity index (χ4v) is 3.01. The third-order valence-electron chi connectivity index (χ3n) is 2.88. The van der Waals surface area contributed by atoms with Gasteiger partial charge in [0.2, 0.25) is 0 Å². The normalized spacial score (nSPS) is 14.4. The van der Waals surface area contributed by atoms with Crippen LogP contribution in [0.5, 0.6) is 0 Å². The third-order valence-corrected chi connectivity index (χ3v) is 4.95. The number of rotatable bonds is 6. The van der Waals surface area contributed by atoms with Crippen LogP contribution in [0.4, 0.5) is 8.78 Å². The molecule has 0 fully saturated rings. The number of benzene rings is 1. The maximum absolute atomic E-state index is 14.1. The molecule has 130 valence electrons. The highest BCUT2D eigenvalue weighted by Crippen LogP contribution is 2.28. The Labute approximate surface area is 145 Å². The zero-order valence-corrected chi connectivity index (χ0v) is 15.8. The van der Waals surface area contributed by atoms with Gasteiger partial charge in [-0.25, -0.2) is 17.7 Å². The first-order chi connectivity index (χ1) is 10.6. The molecule has 0 aliphatic rings. The van der Waals surface area contributed by atoms with Gasteiger partial charge in [0, 0.05) is 10.0 Å². The summed E-state index contributed by atoms with van der Waals surface area (Å²) >= 11 is 3.09. The highest BCUT2D eigenvalue weighted by Gasteiger charge is 2.28. The second-order valence-corrected chi connectivity index (χ2v) is 8.77. The van der Waals surface area contributed by atoms with Crippen molar-refractivity contribution in [1.82, 2.24) is 4.72 Å². The summed E-state index contributed by atoms with van der Waals surface area (Å²) < 4.78 is 47.3. The molecule has 23 heavy (non-hydrogen) atoms. The van der Waals surface area contributed by atoms with Gasteiger partial charge >= 0.3 is 5.97 Å². The number of carbonyl (C=O) groups excluding carboxylic acids is 1. The minimum Gasteiger partial charge on any atom is -0.466 e. The molecule has 1 unspecified atom stereocenters. The van der Waals surface area contributed by atoms with E-state index < -0.39 is 39.4 Å². The summed E-state index contributed by atoms with van der Waals surface area (Å²) in [7, 11) is -1.57. The van der Waals surface area contributed by atoms with Crippen molar-refractivity contribution in [3.8, 4) is 0 Å². The van der Waals surface area contributed by atoms with Crippen LogP contribution in [0.15, 0.2) is 16.6 Å². The van der Waals surface area contributed by atoms with Gasteiger partial charge in [0.25, 0.3) is 0 Å². The smallest absolute Gasteiger partial charge is 0.307 e. The standard InChI is InChI=1S/C15H20BrF2NO3S/c1-5-22-13(20)8-12(19-23(21)15(2,3)4)10-6-9(16)7-11(17)14(10)18/h6-7,12,19H,5,8H2,1-4H3/t12-,23?/m0/s1. The molecule has 0 bridgehead atoms. The van der Waals surface area contributed by atoms with Gasteiger partial charge in [-0.3, -0.25) is 4.79 Å². The lowest BCUT2D eigenvalue weighted by Crippen LogP contribution is -2.37. The van der Waals surface area contributed by atoms with E-state index in [4.69, 9.17) is 4.74 Å². The topological polar surface area (TPSA) is 55.4 Å². The minimum absolute atomic E-state index is 0.0810. The van der Waals surface area contributed by atoms with Crippen molar-refractivity contribution in [3.05, 3.63) is 33.8 Å². The van der Waals surface area contributed by atoms with Gasteiger partial charge in [0.1, 0.15) is 0 Å². The van der Waals surface area contributed by atoms with Crippen molar-refractivity contribution in [3.63, 3.8) is 0 Å². The van der Waals surface area contributed by atoms with Crippen molar-refractivity contribution >= 4 is 32.9 Å². The Morgan fingerprint density at radius 2 is 2.00 bits per heavy atom. The first-order valence-electron chi connectivity index (χ1n) is 7.04. The third kappa shape index (κ3) is 5.93. The summed E-state index contributed by atoms with van der Waals surface area (Å²) in [6.45, 7) is 7.01. The van der Waals surface area contributed by atoms with Crippen molar-refractivity contribution in [2.45, 2.75) is 44.9 Å². The van der Waals surface area contributed by atoms with E-state index in [2.05, 4.69) is 20.7 Å². The Bertz CT molecular complexity index is 605. The summed E-state index contributed by atoms with van der Waals surface area (Å²) in [5.74, 6) is -2.72. The largest absolute Gasteiger partial charge is 0.466 e. The molecule has 0 amide bonds. The lowest BCUT2D eigenvalue weighted by Gasteiger charge is -2.24. The maximum Gasteiger partial charge on any atom is 0.307 e. The maximum atomic E-state index is 14.1. The van der Waals surface area contributed by atoms with Gasteiger partial charge < -0.3 is 4.74 Å². The molecule has 0 heterocycles. The number of ether oxygens (including phenoxy) is 1. The molecule has 0 aromatic heterocycles. The van der Waals surface area contributed by atoms with E-state index in [1.807, 2.05) is 0 Å². The first-order valence-corrected chi connectivity index (χ1v) is 8.98. The molecule has 0 saturated carbocycles. The van der Waals surface area contributed by atoms with E-state index >= 15 is 0 Å². The second-order valence-electron chi connectivity index (χ2n) is 5.85. The lowest BCUT2D eigenvalue weighted by atomic mass is 10.0. The summed E-state index contributed by atoms with van der Waals surface area (Å²) in [6, 6.07) is 1.37. The van der Waals surface area contributed by atoms with E-state index in [0.717, 1.165) is 6.07 Å². The highest BCUT2D eigenvalue weighted by atomic mass is 79.9. The average molecular weight is 412 g/mol. The van der Waals surface area contributed by atoms with Gasteiger partial charge in [0.15, 0.2) is 11.6 Å². The van der Waals surface area contributed by atoms with E-state index in [1.165, 1.54) is 6.07 Å². The Kier molecular flexibility index (Phi) is 7.29. The van der Waals surface area contributed by atoms with Crippen molar-refractivity contribution in [2.75, 3.05) is 6.61 Å². The van der Waals surface area contributed by atoms with E-state index in [1.54, 1.807) is 27.7 Å². The highest BCUT2D eigenvalue weighted by molar-refractivity contribution is 9.10. The van der Waals surface area contributed by atoms with Gasteiger partial charge in [-0.1, -0.05) is 15.9 Å². The second kappa shape index (κ2) is 8.30. The van der Waals surface area contributed by atoms with E-state index in [9.17, 15) is 17.8 Å². The Balaban J connectivity index is 3.18. The van der Waals surface area contributed by atoms with Crippen LogP contribution in [-0.2, 0) is 20.5 Å². The monoisotopic (exact) mass is 411 g/mol. The Morgan fingerprint density at radius 3 is 2.52 bits per heavy atom. The summed E-state index contributed by atoms with van der Waals surface area (Å²) in [6.07, 6.45) is -0.261. The van der Waals surface area contributed by atoms with Crippen LogP contribution in [0.2, 0.25) is 0 Å². The number of nitrogens with one attached hydrogen (secondary N) is 1. The molecule has 0 aliphatic heterocycles. The van der Waals surface area contributed by atoms with Crippen LogP contribution in [0.3, 0.4) is 0 Å². The van der Waals surface area contributed by atoms with E-state index in [-0.39, 0.29) is 18.6 Å². The molecular formula is C15H20BrF2NO3S. The molecule has 0 spiro atoms. The number of hydrogen-bond donors (Lipinski definition) is 1. The number of halogens is 3. The van der Waals surface area contributed by atoms with Crippen LogP contribution in [-0.4, -0.2) is 21.5 Å².